The molecule has 1 N–H and O–H groups in total. The summed E-state index contributed by atoms with van der Waals surface area (Å²) in [5.41, 5.74) is 6.49. The van der Waals surface area contributed by atoms with E-state index in [1.807, 2.05) is 18.3 Å². The summed E-state index contributed by atoms with van der Waals surface area (Å²) >= 11 is 0. The van der Waals surface area contributed by atoms with Crippen LogP contribution in [0.2, 0.25) is 0 Å². The van der Waals surface area contributed by atoms with Gasteiger partial charge in [-0.1, -0.05) is 93.3 Å². The molecule has 8 heteroatoms. The number of hydrogen-bond acceptors (Lipinski definition) is 1. The number of aromatic nitrogens is 6. The van der Waals surface area contributed by atoms with E-state index in [-0.39, 0.29) is 0 Å². The monoisotopic (exact) mass is 657 g/mol. The van der Waals surface area contributed by atoms with Crippen LogP contribution in [0.4, 0.5) is 0 Å². The molecular formula is C41H49N6O2+3. The summed E-state index contributed by atoms with van der Waals surface area (Å²) in [5.74, 6) is -0.902. The second kappa shape index (κ2) is 16.7. The topological polar surface area (TPSA) is 63.7 Å². The molecule has 0 aliphatic carbocycles. The van der Waals surface area contributed by atoms with Gasteiger partial charge >= 0.3 is 5.97 Å². The first kappa shape index (κ1) is 33.7. The molecule has 0 aliphatic rings. The van der Waals surface area contributed by atoms with Gasteiger partial charge in [0.2, 0.25) is 19.0 Å². The highest BCUT2D eigenvalue weighted by Gasteiger charge is 2.10. The lowest BCUT2D eigenvalue weighted by Gasteiger charge is -2.03. The molecule has 0 saturated heterocycles. The molecule has 0 aliphatic heterocycles. The molecule has 3 aromatic heterocycles. The summed E-state index contributed by atoms with van der Waals surface area (Å²) in [6.07, 6.45) is 27.3. The largest absolute Gasteiger partial charge is 0.478 e. The van der Waals surface area contributed by atoms with Crippen LogP contribution in [0.5, 0.6) is 0 Å². The molecule has 0 saturated carbocycles. The molecule has 3 aromatic carbocycles. The van der Waals surface area contributed by atoms with E-state index in [0.29, 0.717) is 12.1 Å². The molecule has 0 spiro atoms. The molecule has 0 unspecified atom stereocenters. The van der Waals surface area contributed by atoms with Gasteiger partial charge in [0.25, 0.3) is 0 Å². The normalized spacial score (nSPS) is 11.3. The van der Waals surface area contributed by atoms with Crippen LogP contribution in [0.1, 0.15) is 83.6 Å². The molecule has 6 aromatic rings. The Labute approximate surface area is 289 Å². The number of carboxylic acid groups (broad SMARTS) is 1. The van der Waals surface area contributed by atoms with Crippen LogP contribution in [0.15, 0.2) is 129 Å². The second-order valence-electron chi connectivity index (χ2n) is 13.2. The number of hydrogen-bond donors (Lipinski definition) is 1. The zero-order valence-corrected chi connectivity index (χ0v) is 28.6. The number of benzene rings is 3. The number of carbonyl (C=O) groups is 1. The van der Waals surface area contributed by atoms with E-state index in [1.165, 1.54) is 60.8 Å². The number of aryl methyl sites for hydroxylation is 1. The zero-order valence-electron chi connectivity index (χ0n) is 28.6. The predicted molar refractivity (Wildman–Crippen MR) is 189 cm³/mol. The Hall–Kier alpha value is -5.24. The van der Waals surface area contributed by atoms with Gasteiger partial charge in [0.15, 0.2) is 0 Å². The summed E-state index contributed by atoms with van der Waals surface area (Å²) in [4.78, 5) is 11.1. The second-order valence-corrected chi connectivity index (χ2v) is 13.2. The molecule has 0 atom stereocenters. The summed E-state index contributed by atoms with van der Waals surface area (Å²) < 4.78 is 13.3. The average molecular weight is 658 g/mol. The number of imidazole rings is 3. The molecule has 252 valence electrons. The van der Waals surface area contributed by atoms with Crippen molar-refractivity contribution in [3.63, 3.8) is 0 Å². The van der Waals surface area contributed by atoms with Gasteiger partial charge in [-0.2, -0.15) is 0 Å². The highest BCUT2D eigenvalue weighted by atomic mass is 16.4. The smallest absolute Gasteiger partial charge is 0.335 e. The lowest BCUT2D eigenvalue weighted by atomic mass is 10.1. The Bertz CT molecular complexity index is 1900. The number of carboxylic acids is 1. The molecule has 6 rings (SSSR count). The van der Waals surface area contributed by atoms with Gasteiger partial charge in [-0.25, -0.2) is 32.2 Å². The van der Waals surface area contributed by atoms with E-state index in [2.05, 4.69) is 133 Å². The summed E-state index contributed by atoms with van der Waals surface area (Å²) in [6, 6.07) is 24.9. The van der Waals surface area contributed by atoms with Crippen LogP contribution in [-0.4, -0.2) is 24.8 Å². The highest BCUT2D eigenvalue weighted by molar-refractivity contribution is 5.87. The standard InChI is InChI=1S/C41H48N6O2/c1-2-3-4-5-6-7-20-42-21-22-43(32-42)27-35-8-10-36(11-9-35)28-44-23-24-45(33-44)29-37-12-14-38(15-13-37)30-46-25-26-47(34-46)31-39-16-18-40(19-17-39)41(48)49/h8-19,21-26,32-34H,2-7,20,27-31H2,1H3/q+2/p+1. The minimum absolute atomic E-state index is 0.308. The van der Waals surface area contributed by atoms with Gasteiger partial charge in [-0.05, 0) is 52.8 Å². The fourth-order valence-electron chi connectivity index (χ4n) is 6.30. The van der Waals surface area contributed by atoms with Crippen LogP contribution in [-0.2, 0) is 39.3 Å². The number of rotatable bonds is 18. The number of nitrogens with zero attached hydrogens (tertiary/aromatic N) is 6. The Morgan fingerprint density at radius 3 is 1.39 bits per heavy atom. The van der Waals surface area contributed by atoms with Gasteiger partial charge in [0.1, 0.15) is 69.9 Å². The van der Waals surface area contributed by atoms with E-state index < -0.39 is 5.97 Å². The van der Waals surface area contributed by atoms with Crippen molar-refractivity contribution in [1.29, 1.82) is 0 Å². The Balaban J connectivity index is 0.938. The van der Waals surface area contributed by atoms with Crippen molar-refractivity contribution in [2.75, 3.05) is 0 Å². The number of unbranched alkanes of at least 4 members (excludes halogenated alkanes) is 5. The van der Waals surface area contributed by atoms with Crippen LogP contribution >= 0.6 is 0 Å². The molecule has 3 heterocycles. The third-order valence-electron chi connectivity index (χ3n) is 9.08. The molecule has 0 fully saturated rings. The SMILES string of the molecule is CCCCCCCCn1cc[n+](Cc2ccc(C[n+]3ccn(Cc4ccc(Cn5cc[n+](Cc6ccc(C(=O)O)cc6)c5)cc4)c3)cc2)c1. The lowest BCUT2D eigenvalue weighted by Crippen LogP contribution is -2.32. The van der Waals surface area contributed by atoms with Gasteiger partial charge < -0.3 is 5.11 Å². The highest BCUT2D eigenvalue weighted by Crippen LogP contribution is 2.10. The molecule has 8 nitrogen and oxygen atoms in total. The van der Waals surface area contributed by atoms with E-state index in [4.69, 9.17) is 5.11 Å². The fourth-order valence-corrected chi connectivity index (χ4v) is 6.30. The maximum atomic E-state index is 11.1. The van der Waals surface area contributed by atoms with Crippen LogP contribution in [0, 0.1) is 0 Å². The fraction of sp³-hybridized carbons (Fsp3) is 0.317. The van der Waals surface area contributed by atoms with Gasteiger partial charge in [0, 0.05) is 0 Å². The summed E-state index contributed by atoms with van der Waals surface area (Å²) in [7, 11) is 0. The van der Waals surface area contributed by atoms with Crippen molar-refractivity contribution < 1.29 is 23.6 Å². The Morgan fingerprint density at radius 2 is 0.918 bits per heavy atom. The molecule has 0 bridgehead atoms. The number of aromatic carboxylic acids is 1. The van der Waals surface area contributed by atoms with E-state index in [9.17, 15) is 4.79 Å². The third-order valence-corrected chi connectivity index (χ3v) is 9.08. The summed E-state index contributed by atoms with van der Waals surface area (Å²) in [6.45, 7) is 7.42. The first-order chi connectivity index (χ1) is 24.0. The van der Waals surface area contributed by atoms with Gasteiger partial charge in [-0.3, -0.25) is 0 Å². The maximum Gasteiger partial charge on any atom is 0.335 e. The Kier molecular flexibility index (Phi) is 11.5. The molecule has 0 amide bonds. The zero-order chi connectivity index (χ0) is 33.8. The van der Waals surface area contributed by atoms with Crippen LogP contribution in [0.3, 0.4) is 0 Å². The average Bonchev–Trinajstić information content (AvgIpc) is 3.87. The van der Waals surface area contributed by atoms with Crippen LogP contribution < -0.4 is 13.7 Å². The molecule has 49 heavy (non-hydrogen) atoms. The van der Waals surface area contributed by atoms with Crippen molar-refractivity contribution in [3.05, 3.63) is 162 Å². The molecule has 0 radical (unpaired) electrons. The van der Waals surface area contributed by atoms with Crippen molar-refractivity contribution in [2.45, 2.75) is 84.7 Å². The van der Waals surface area contributed by atoms with Gasteiger partial charge in [-0.15, -0.1) is 0 Å². The van der Waals surface area contributed by atoms with Gasteiger partial charge in [0.05, 0.1) is 12.1 Å². The van der Waals surface area contributed by atoms with Crippen LogP contribution in [0.25, 0.3) is 0 Å². The van der Waals surface area contributed by atoms with Crippen molar-refractivity contribution in [1.82, 2.24) is 13.7 Å². The quantitative estimate of drug-likeness (QED) is 0.0878. The van der Waals surface area contributed by atoms with E-state index in [0.717, 1.165) is 38.3 Å². The van der Waals surface area contributed by atoms with E-state index >= 15 is 0 Å². The predicted octanol–water partition coefficient (Wildman–Crippen LogP) is 6.25. The van der Waals surface area contributed by atoms with Crippen molar-refractivity contribution in [3.8, 4) is 0 Å². The minimum atomic E-state index is -0.902. The Morgan fingerprint density at radius 1 is 0.531 bits per heavy atom. The van der Waals surface area contributed by atoms with E-state index in [1.54, 1.807) is 12.1 Å². The van der Waals surface area contributed by atoms with Crippen molar-refractivity contribution >= 4 is 5.97 Å². The first-order valence-electron chi connectivity index (χ1n) is 17.6. The maximum absolute atomic E-state index is 11.1. The molecular weight excluding hydrogens is 608 g/mol. The minimum Gasteiger partial charge on any atom is -0.478 e. The first-order valence-corrected chi connectivity index (χ1v) is 17.6. The summed E-state index contributed by atoms with van der Waals surface area (Å²) in [5, 5.41) is 9.11. The lowest BCUT2D eigenvalue weighted by molar-refractivity contribution is -0.688. The van der Waals surface area contributed by atoms with Crippen molar-refractivity contribution in [2.24, 2.45) is 0 Å². The third kappa shape index (κ3) is 10.1.